The number of nitrogens with one attached hydrogen (secondary N) is 1. The highest BCUT2D eigenvalue weighted by Gasteiger charge is 2.51. The fourth-order valence-electron chi connectivity index (χ4n) is 2.21. The van der Waals surface area contributed by atoms with Crippen molar-refractivity contribution in [1.82, 2.24) is 5.32 Å². The maximum absolute atomic E-state index is 12.3. The van der Waals surface area contributed by atoms with Crippen molar-refractivity contribution in [3.63, 3.8) is 0 Å². The second-order valence-electron chi connectivity index (χ2n) is 5.30. The molecule has 5 heteroatoms. The third-order valence-electron chi connectivity index (χ3n) is 3.83. The summed E-state index contributed by atoms with van der Waals surface area (Å²) in [5, 5.41) is 11.7. The second kappa shape index (κ2) is 5.63. The molecule has 1 aliphatic carbocycles. The van der Waals surface area contributed by atoms with Crippen LogP contribution in [-0.2, 0) is 16.0 Å². The van der Waals surface area contributed by atoms with Crippen molar-refractivity contribution in [3.05, 3.63) is 35.4 Å². The zero-order valence-electron chi connectivity index (χ0n) is 11.7. The number of carbonyl (C=O) groups is 2. The fourth-order valence-corrected chi connectivity index (χ4v) is 2.21. The Bertz CT molecular complexity index is 528. The van der Waals surface area contributed by atoms with Gasteiger partial charge in [0, 0.05) is 25.5 Å². The molecule has 0 unspecified atom stereocenters. The molecule has 5 nitrogen and oxygen atoms in total. The minimum absolute atomic E-state index is 0.0174. The molecule has 0 bridgehead atoms. The molecule has 2 atom stereocenters. The first-order chi connectivity index (χ1) is 9.46. The summed E-state index contributed by atoms with van der Waals surface area (Å²) in [5.41, 5.74) is 1.03. The van der Waals surface area contributed by atoms with Crippen LogP contribution in [0.3, 0.4) is 0 Å². The van der Waals surface area contributed by atoms with Gasteiger partial charge in [-0.15, -0.1) is 0 Å². The molecule has 1 aromatic carbocycles. The average molecular weight is 277 g/mol. The normalized spacial score (nSPS) is 24.2. The molecule has 2 N–H and O–H groups in total. The standard InChI is InChI=1S/C15H19NO4/c1-15(20-2)9-12(15)16-14(19)11-6-4-3-5-10(11)7-8-13(17)18/h3-6,12H,7-9H2,1-2H3,(H,16,19)(H,17,18)/t12-,15+/m1/s1. The summed E-state index contributed by atoms with van der Waals surface area (Å²) in [6, 6.07) is 7.12. The molecule has 1 amide bonds. The molecule has 1 aliphatic rings. The molecule has 0 saturated heterocycles. The number of aliphatic carboxylic acids is 1. The molecular weight excluding hydrogens is 258 g/mol. The van der Waals surface area contributed by atoms with Crippen molar-refractivity contribution >= 4 is 11.9 Å². The van der Waals surface area contributed by atoms with E-state index in [0.717, 1.165) is 12.0 Å². The Labute approximate surface area is 117 Å². The highest BCUT2D eigenvalue weighted by molar-refractivity contribution is 5.96. The molecule has 0 aromatic heterocycles. The summed E-state index contributed by atoms with van der Waals surface area (Å²) in [5.74, 6) is -1.04. The molecule has 0 spiro atoms. The van der Waals surface area contributed by atoms with E-state index >= 15 is 0 Å². The van der Waals surface area contributed by atoms with Crippen LogP contribution in [0.4, 0.5) is 0 Å². The van der Waals surface area contributed by atoms with Gasteiger partial charge in [0.2, 0.25) is 0 Å². The predicted octanol–water partition coefficient (Wildman–Crippen LogP) is 1.61. The van der Waals surface area contributed by atoms with E-state index in [4.69, 9.17) is 9.84 Å². The number of carbonyl (C=O) groups excluding carboxylic acids is 1. The molecule has 108 valence electrons. The summed E-state index contributed by atoms with van der Waals surface area (Å²) in [6.45, 7) is 1.95. The number of amides is 1. The highest BCUT2D eigenvalue weighted by atomic mass is 16.5. The third kappa shape index (κ3) is 3.17. The van der Waals surface area contributed by atoms with E-state index in [-0.39, 0.29) is 24.0 Å². The van der Waals surface area contributed by atoms with Gasteiger partial charge >= 0.3 is 5.97 Å². The number of carboxylic acids is 1. The van der Waals surface area contributed by atoms with E-state index in [1.54, 1.807) is 25.3 Å². The largest absolute Gasteiger partial charge is 0.481 e. The smallest absolute Gasteiger partial charge is 0.303 e. The van der Waals surface area contributed by atoms with Crippen molar-refractivity contribution in [2.24, 2.45) is 0 Å². The summed E-state index contributed by atoms with van der Waals surface area (Å²) in [4.78, 5) is 22.9. The first-order valence-electron chi connectivity index (χ1n) is 6.62. The van der Waals surface area contributed by atoms with Gasteiger partial charge < -0.3 is 15.2 Å². The molecular formula is C15H19NO4. The van der Waals surface area contributed by atoms with Crippen LogP contribution in [0, 0.1) is 0 Å². The van der Waals surface area contributed by atoms with Crippen LogP contribution in [-0.4, -0.2) is 35.7 Å². The van der Waals surface area contributed by atoms with Crippen molar-refractivity contribution in [1.29, 1.82) is 0 Å². The Hall–Kier alpha value is -1.88. The van der Waals surface area contributed by atoms with E-state index in [1.165, 1.54) is 0 Å². The zero-order chi connectivity index (χ0) is 14.8. The van der Waals surface area contributed by atoms with E-state index in [0.29, 0.717) is 12.0 Å². The topological polar surface area (TPSA) is 75.6 Å². The van der Waals surface area contributed by atoms with E-state index in [9.17, 15) is 9.59 Å². The fraction of sp³-hybridized carbons (Fsp3) is 0.467. The van der Waals surface area contributed by atoms with Crippen LogP contribution in [0.2, 0.25) is 0 Å². The number of ether oxygens (including phenoxy) is 1. The van der Waals surface area contributed by atoms with Gasteiger partial charge in [-0.05, 0) is 25.0 Å². The van der Waals surface area contributed by atoms with Gasteiger partial charge in [0.05, 0.1) is 11.6 Å². The second-order valence-corrected chi connectivity index (χ2v) is 5.30. The number of benzene rings is 1. The molecule has 1 saturated carbocycles. The van der Waals surface area contributed by atoms with Crippen LogP contribution in [0.5, 0.6) is 0 Å². The van der Waals surface area contributed by atoms with Gasteiger partial charge in [-0.25, -0.2) is 0 Å². The number of hydrogen-bond acceptors (Lipinski definition) is 3. The van der Waals surface area contributed by atoms with Crippen LogP contribution < -0.4 is 5.32 Å². The van der Waals surface area contributed by atoms with Crippen LogP contribution in [0.15, 0.2) is 24.3 Å². The highest BCUT2D eigenvalue weighted by Crippen LogP contribution is 2.38. The molecule has 1 fully saturated rings. The lowest BCUT2D eigenvalue weighted by Crippen LogP contribution is -2.32. The molecule has 0 aliphatic heterocycles. The van der Waals surface area contributed by atoms with E-state index < -0.39 is 5.97 Å². The number of methoxy groups -OCH3 is 1. The quantitative estimate of drug-likeness (QED) is 0.828. The van der Waals surface area contributed by atoms with Crippen LogP contribution >= 0.6 is 0 Å². The average Bonchev–Trinajstić information content (AvgIpc) is 3.07. The Kier molecular flexibility index (Phi) is 4.09. The third-order valence-corrected chi connectivity index (χ3v) is 3.83. The summed E-state index contributed by atoms with van der Waals surface area (Å²) >= 11 is 0. The van der Waals surface area contributed by atoms with Crippen molar-refractivity contribution in [2.45, 2.75) is 37.8 Å². The van der Waals surface area contributed by atoms with Gasteiger partial charge in [-0.3, -0.25) is 9.59 Å². The molecule has 20 heavy (non-hydrogen) atoms. The van der Waals surface area contributed by atoms with Crippen molar-refractivity contribution in [2.75, 3.05) is 7.11 Å². The lowest BCUT2D eigenvalue weighted by atomic mass is 10.0. The first kappa shape index (κ1) is 14.5. The maximum Gasteiger partial charge on any atom is 0.303 e. The Morgan fingerprint density at radius 2 is 2.15 bits per heavy atom. The van der Waals surface area contributed by atoms with Gasteiger partial charge in [-0.2, -0.15) is 0 Å². The summed E-state index contributed by atoms with van der Waals surface area (Å²) in [7, 11) is 1.63. The number of hydrogen-bond donors (Lipinski definition) is 2. The lowest BCUT2D eigenvalue weighted by molar-refractivity contribution is -0.136. The molecule has 0 heterocycles. The number of rotatable bonds is 6. The molecule has 2 rings (SSSR count). The summed E-state index contributed by atoms with van der Waals surface area (Å²) in [6.07, 6.45) is 1.17. The zero-order valence-corrected chi connectivity index (χ0v) is 11.7. The van der Waals surface area contributed by atoms with E-state index in [1.807, 2.05) is 13.0 Å². The molecule has 1 aromatic rings. The summed E-state index contributed by atoms with van der Waals surface area (Å²) < 4.78 is 5.31. The van der Waals surface area contributed by atoms with Gasteiger partial charge in [0.25, 0.3) is 5.91 Å². The Morgan fingerprint density at radius 1 is 1.45 bits per heavy atom. The minimum atomic E-state index is -0.866. The lowest BCUT2D eigenvalue weighted by Gasteiger charge is -2.12. The number of carboxylic acid groups (broad SMARTS) is 1. The monoisotopic (exact) mass is 277 g/mol. The van der Waals surface area contributed by atoms with Crippen LogP contribution in [0.25, 0.3) is 0 Å². The van der Waals surface area contributed by atoms with Crippen molar-refractivity contribution in [3.8, 4) is 0 Å². The van der Waals surface area contributed by atoms with Crippen molar-refractivity contribution < 1.29 is 19.4 Å². The Balaban J connectivity index is 2.04. The molecule has 0 radical (unpaired) electrons. The number of aryl methyl sites for hydroxylation is 1. The van der Waals surface area contributed by atoms with Gasteiger partial charge in [0.15, 0.2) is 0 Å². The first-order valence-corrected chi connectivity index (χ1v) is 6.62. The predicted molar refractivity (Wildman–Crippen MR) is 73.7 cm³/mol. The van der Waals surface area contributed by atoms with Crippen LogP contribution in [0.1, 0.15) is 35.7 Å². The minimum Gasteiger partial charge on any atom is -0.481 e. The maximum atomic E-state index is 12.3. The Morgan fingerprint density at radius 3 is 2.75 bits per heavy atom. The van der Waals surface area contributed by atoms with Gasteiger partial charge in [0.1, 0.15) is 0 Å². The SMILES string of the molecule is CO[C@@]1(C)C[C@H]1NC(=O)c1ccccc1CCC(=O)O. The van der Waals surface area contributed by atoms with Gasteiger partial charge in [-0.1, -0.05) is 18.2 Å². The van der Waals surface area contributed by atoms with E-state index in [2.05, 4.69) is 5.32 Å².